The summed E-state index contributed by atoms with van der Waals surface area (Å²) in [4.78, 5) is 11.3. The van der Waals surface area contributed by atoms with Crippen LogP contribution in [0, 0.1) is 0 Å². The van der Waals surface area contributed by atoms with Gasteiger partial charge >= 0.3 is 0 Å². The van der Waals surface area contributed by atoms with Crippen LogP contribution >= 0.6 is 0 Å². The van der Waals surface area contributed by atoms with E-state index in [-0.39, 0.29) is 6.04 Å². The number of nitrogens with zero attached hydrogens (tertiary/aromatic N) is 3. The fourth-order valence-corrected chi connectivity index (χ4v) is 2.75. The van der Waals surface area contributed by atoms with Crippen molar-refractivity contribution >= 4 is 5.95 Å². The van der Waals surface area contributed by atoms with Gasteiger partial charge in [0.05, 0.1) is 0 Å². The quantitative estimate of drug-likeness (QED) is 0.867. The molecule has 1 heterocycles. The number of hydrogen-bond donors (Lipinski definition) is 1. The van der Waals surface area contributed by atoms with E-state index in [9.17, 15) is 0 Å². The van der Waals surface area contributed by atoms with E-state index in [0.717, 1.165) is 24.5 Å². The predicted molar refractivity (Wildman–Crippen MR) is 74.7 cm³/mol. The summed E-state index contributed by atoms with van der Waals surface area (Å²) in [6.07, 6.45) is 9.91. The molecule has 4 nitrogen and oxygen atoms in total. The van der Waals surface area contributed by atoms with Gasteiger partial charge in [-0.25, -0.2) is 9.97 Å². The summed E-state index contributed by atoms with van der Waals surface area (Å²) in [5.74, 6) is 0.873. The Morgan fingerprint density at radius 1 is 1.33 bits per heavy atom. The third-order valence-electron chi connectivity index (χ3n) is 3.61. The van der Waals surface area contributed by atoms with Crippen LogP contribution in [0.1, 0.15) is 45.1 Å². The second-order valence-corrected chi connectivity index (χ2v) is 5.30. The van der Waals surface area contributed by atoms with E-state index in [1.807, 2.05) is 19.3 Å². The normalized spacial score (nSPS) is 17.9. The number of hydrogen-bond acceptors (Lipinski definition) is 4. The SMILES string of the molecule is CCN(c1ncc(CC(C)N)cn1)C1CCCC1. The molecule has 2 rings (SSSR count). The lowest BCUT2D eigenvalue weighted by Crippen LogP contribution is -2.34. The molecule has 1 saturated carbocycles. The van der Waals surface area contributed by atoms with E-state index in [1.165, 1.54) is 25.7 Å². The molecule has 0 saturated heterocycles. The van der Waals surface area contributed by atoms with Crippen molar-refractivity contribution in [3.8, 4) is 0 Å². The molecular weight excluding hydrogens is 224 g/mol. The molecule has 0 aliphatic heterocycles. The number of nitrogens with two attached hydrogens (primary N) is 1. The average Bonchev–Trinajstić information content (AvgIpc) is 2.85. The minimum Gasteiger partial charge on any atom is -0.338 e. The Morgan fingerprint density at radius 3 is 2.44 bits per heavy atom. The highest BCUT2D eigenvalue weighted by molar-refractivity contribution is 5.32. The first kappa shape index (κ1) is 13.3. The third kappa shape index (κ3) is 3.19. The van der Waals surface area contributed by atoms with E-state index in [4.69, 9.17) is 5.73 Å². The van der Waals surface area contributed by atoms with Crippen molar-refractivity contribution in [2.45, 2.75) is 58.0 Å². The minimum atomic E-state index is 0.163. The summed E-state index contributed by atoms with van der Waals surface area (Å²) in [5.41, 5.74) is 6.90. The molecule has 2 N–H and O–H groups in total. The minimum absolute atomic E-state index is 0.163. The van der Waals surface area contributed by atoms with E-state index in [2.05, 4.69) is 21.8 Å². The van der Waals surface area contributed by atoms with Crippen molar-refractivity contribution in [3.63, 3.8) is 0 Å². The zero-order valence-electron chi connectivity index (χ0n) is 11.5. The lowest BCUT2D eigenvalue weighted by molar-refractivity contribution is 0.604. The zero-order valence-corrected chi connectivity index (χ0v) is 11.5. The summed E-state index contributed by atoms with van der Waals surface area (Å²) < 4.78 is 0. The van der Waals surface area contributed by atoms with Gasteiger partial charge in [-0.1, -0.05) is 12.8 Å². The average molecular weight is 248 g/mol. The molecule has 1 aliphatic rings. The van der Waals surface area contributed by atoms with Crippen molar-refractivity contribution in [3.05, 3.63) is 18.0 Å². The molecule has 0 aromatic carbocycles. The van der Waals surface area contributed by atoms with Gasteiger partial charge in [0, 0.05) is 31.0 Å². The van der Waals surface area contributed by atoms with Crippen LogP contribution in [0.15, 0.2) is 12.4 Å². The maximum absolute atomic E-state index is 5.78. The highest BCUT2D eigenvalue weighted by Gasteiger charge is 2.23. The van der Waals surface area contributed by atoms with Crippen LogP contribution in [0.3, 0.4) is 0 Å². The standard InChI is InChI=1S/C14H24N4/c1-3-18(13-6-4-5-7-13)14-16-9-12(10-17-14)8-11(2)15/h9-11,13H,3-8,15H2,1-2H3. The molecule has 0 radical (unpaired) electrons. The predicted octanol–water partition coefficient (Wildman–Crippen LogP) is 2.14. The van der Waals surface area contributed by atoms with Gasteiger partial charge in [0.2, 0.25) is 5.95 Å². The van der Waals surface area contributed by atoms with Crippen LogP contribution in [0.5, 0.6) is 0 Å². The van der Waals surface area contributed by atoms with Crippen LogP contribution in [0.25, 0.3) is 0 Å². The fourth-order valence-electron chi connectivity index (χ4n) is 2.75. The first-order chi connectivity index (χ1) is 8.70. The molecule has 100 valence electrons. The second-order valence-electron chi connectivity index (χ2n) is 5.30. The van der Waals surface area contributed by atoms with E-state index >= 15 is 0 Å². The highest BCUT2D eigenvalue weighted by atomic mass is 15.3. The van der Waals surface area contributed by atoms with Gasteiger partial charge < -0.3 is 10.6 Å². The Kier molecular flexibility index (Phi) is 4.53. The Labute approximate surface area is 110 Å². The van der Waals surface area contributed by atoms with Gasteiger partial charge in [0.15, 0.2) is 0 Å². The van der Waals surface area contributed by atoms with Gasteiger partial charge in [-0.3, -0.25) is 0 Å². The summed E-state index contributed by atoms with van der Waals surface area (Å²) in [7, 11) is 0. The third-order valence-corrected chi connectivity index (χ3v) is 3.61. The van der Waals surface area contributed by atoms with Crippen LogP contribution in [-0.4, -0.2) is 28.6 Å². The van der Waals surface area contributed by atoms with E-state index < -0.39 is 0 Å². The summed E-state index contributed by atoms with van der Waals surface area (Å²) in [6.45, 7) is 5.17. The van der Waals surface area contributed by atoms with Gasteiger partial charge in [-0.2, -0.15) is 0 Å². The van der Waals surface area contributed by atoms with Gasteiger partial charge in [-0.15, -0.1) is 0 Å². The van der Waals surface area contributed by atoms with Gasteiger partial charge in [0.25, 0.3) is 0 Å². The van der Waals surface area contributed by atoms with Gasteiger partial charge in [-0.05, 0) is 38.7 Å². The molecule has 0 amide bonds. The van der Waals surface area contributed by atoms with E-state index in [1.54, 1.807) is 0 Å². The van der Waals surface area contributed by atoms with Crippen molar-refractivity contribution in [1.29, 1.82) is 0 Å². The second kappa shape index (κ2) is 6.14. The Bertz CT molecular complexity index is 355. The molecule has 1 aromatic heterocycles. The molecule has 4 heteroatoms. The number of rotatable bonds is 5. The summed E-state index contributed by atoms with van der Waals surface area (Å²) in [5, 5.41) is 0. The van der Waals surface area contributed by atoms with Crippen LogP contribution < -0.4 is 10.6 Å². The highest BCUT2D eigenvalue weighted by Crippen LogP contribution is 2.25. The largest absolute Gasteiger partial charge is 0.338 e. The molecule has 1 fully saturated rings. The molecule has 1 aromatic rings. The smallest absolute Gasteiger partial charge is 0.225 e. The summed E-state index contributed by atoms with van der Waals surface area (Å²) >= 11 is 0. The zero-order chi connectivity index (χ0) is 13.0. The van der Waals surface area contributed by atoms with Crippen LogP contribution in [-0.2, 0) is 6.42 Å². The number of aromatic nitrogens is 2. The molecule has 1 unspecified atom stereocenters. The van der Waals surface area contributed by atoms with Crippen molar-refractivity contribution in [2.24, 2.45) is 5.73 Å². The lowest BCUT2D eigenvalue weighted by atomic mass is 10.1. The Hall–Kier alpha value is -1.16. The monoisotopic (exact) mass is 248 g/mol. The Morgan fingerprint density at radius 2 is 1.94 bits per heavy atom. The van der Waals surface area contributed by atoms with Crippen LogP contribution in [0.2, 0.25) is 0 Å². The topological polar surface area (TPSA) is 55.0 Å². The lowest BCUT2D eigenvalue weighted by Gasteiger charge is -2.27. The molecular formula is C14H24N4. The van der Waals surface area contributed by atoms with Crippen molar-refractivity contribution < 1.29 is 0 Å². The van der Waals surface area contributed by atoms with Gasteiger partial charge in [0.1, 0.15) is 0 Å². The molecule has 1 atom stereocenters. The first-order valence-electron chi connectivity index (χ1n) is 7.04. The molecule has 0 bridgehead atoms. The number of anilines is 1. The van der Waals surface area contributed by atoms with Crippen molar-refractivity contribution in [2.75, 3.05) is 11.4 Å². The molecule has 1 aliphatic carbocycles. The Balaban J connectivity index is 2.06. The fraction of sp³-hybridized carbons (Fsp3) is 0.714. The first-order valence-corrected chi connectivity index (χ1v) is 7.04. The van der Waals surface area contributed by atoms with Crippen LogP contribution in [0.4, 0.5) is 5.95 Å². The molecule has 18 heavy (non-hydrogen) atoms. The van der Waals surface area contributed by atoms with E-state index in [0.29, 0.717) is 6.04 Å². The maximum Gasteiger partial charge on any atom is 0.225 e. The van der Waals surface area contributed by atoms with Crippen molar-refractivity contribution in [1.82, 2.24) is 9.97 Å². The summed E-state index contributed by atoms with van der Waals surface area (Å²) in [6, 6.07) is 0.797. The molecule has 0 spiro atoms. The maximum atomic E-state index is 5.78.